The van der Waals surface area contributed by atoms with E-state index in [0.717, 1.165) is 46.0 Å². The molecule has 0 aromatic rings. The third-order valence-corrected chi connectivity index (χ3v) is 4.16. The summed E-state index contributed by atoms with van der Waals surface area (Å²) in [4.78, 5) is 2.58. The minimum absolute atomic E-state index is 0.353. The SMILES string of the molecule is COCC1(CN2CCOCC2C)CCNCC1. The number of ether oxygens (including phenoxy) is 2. The largest absolute Gasteiger partial charge is 0.384 e. The third-order valence-electron chi connectivity index (χ3n) is 4.16. The molecule has 2 fully saturated rings. The molecule has 0 bridgehead atoms. The normalized spacial score (nSPS) is 30.4. The first kappa shape index (κ1) is 13.3. The molecule has 0 saturated carbocycles. The van der Waals surface area contributed by atoms with Crippen molar-refractivity contribution in [2.75, 3.05) is 53.1 Å². The molecular formula is C13H26N2O2. The molecule has 2 aliphatic heterocycles. The molecule has 0 aromatic heterocycles. The van der Waals surface area contributed by atoms with Crippen molar-refractivity contribution in [3.63, 3.8) is 0 Å². The van der Waals surface area contributed by atoms with Crippen LogP contribution in [0.3, 0.4) is 0 Å². The van der Waals surface area contributed by atoms with Gasteiger partial charge in [0.1, 0.15) is 0 Å². The van der Waals surface area contributed by atoms with Gasteiger partial charge in [0.25, 0.3) is 0 Å². The van der Waals surface area contributed by atoms with Crippen LogP contribution in [0.1, 0.15) is 19.8 Å². The Morgan fingerprint density at radius 2 is 2.18 bits per heavy atom. The summed E-state index contributed by atoms with van der Waals surface area (Å²) < 4.78 is 11.0. The summed E-state index contributed by atoms with van der Waals surface area (Å²) in [6.45, 7) is 9.39. The van der Waals surface area contributed by atoms with Crippen LogP contribution in [0, 0.1) is 5.41 Å². The van der Waals surface area contributed by atoms with Crippen LogP contribution in [0.4, 0.5) is 0 Å². The third kappa shape index (κ3) is 3.41. The van der Waals surface area contributed by atoms with Gasteiger partial charge in [0.15, 0.2) is 0 Å². The lowest BCUT2D eigenvalue weighted by molar-refractivity contribution is -0.0436. The second kappa shape index (κ2) is 6.14. The molecule has 1 unspecified atom stereocenters. The Bertz CT molecular complexity index is 224. The van der Waals surface area contributed by atoms with Crippen LogP contribution in [-0.2, 0) is 9.47 Å². The van der Waals surface area contributed by atoms with Crippen LogP contribution in [0.15, 0.2) is 0 Å². The van der Waals surface area contributed by atoms with Crippen LogP contribution in [-0.4, -0.2) is 64.1 Å². The minimum Gasteiger partial charge on any atom is -0.384 e. The number of piperidine rings is 1. The number of hydrogen-bond acceptors (Lipinski definition) is 4. The van der Waals surface area contributed by atoms with Crippen LogP contribution in [0.2, 0.25) is 0 Å². The Morgan fingerprint density at radius 1 is 1.41 bits per heavy atom. The van der Waals surface area contributed by atoms with Crippen LogP contribution >= 0.6 is 0 Å². The van der Waals surface area contributed by atoms with Crippen LogP contribution < -0.4 is 5.32 Å². The summed E-state index contributed by atoms with van der Waals surface area (Å²) in [5.74, 6) is 0. The monoisotopic (exact) mass is 242 g/mol. The number of nitrogens with zero attached hydrogens (tertiary/aromatic N) is 1. The lowest BCUT2D eigenvalue weighted by Crippen LogP contribution is -2.52. The molecule has 2 heterocycles. The first-order valence-corrected chi connectivity index (χ1v) is 6.77. The Labute approximate surface area is 105 Å². The number of nitrogens with one attached hydrogen (secondary N) is 1. The Hall–Kier alpha value is -0.160. The number of rotatable bonds is 4. The lowest BCUT2D eigenvalue weighted by Gasteiger charge is -2.44. The molecule has 0 radical (unpaired) electrons. The highest BCUT2D eigenvalue weighted by Crippen LogP contribution is 2.31. The van der Waals surface area contributed by atoms with Crippen molar-refractivity contribution >= 4 is 0 Å². The number of methoxy groups -OCH3 is 1. The zero-order valence-electron chi connectivity index (χ0n) is 11.2. The van der Waals surface area contributed by atoms with Gasteiger partial charge in [-0.3, -0.25) is 4.90 Å². The van der Waals surface area contributed by atoms with E-state index in [1.165, 1.54) is 12.8 Å². The number of morpholine rings is 1. The summed E-state index contributed by atoms with van der Waals surface area (Å²) in [7, 11) is 1.83. The van der Waals surface area contributed by atoms with Gasteiger partial charge in [-0.15, -0.1) is 0 Å². The fourth-order valence-electron chi connectivity index (χ4n) is 3.04. The van der Waals surface area contributed by atoms with Crippen LogP contribution in [0.5, 0.6) is 0 Å². The van der Waals surface area contributed by atoms with Gasteiger partial charge >= 0.3 is 0 Å². The zero-order valence-corrected chi connectivity index (χ0v) is 11.2. The van der Waals surface area contributed by atoms with Gasteiger partial charge in [-0.05, 0) is 32.9 Å². The summed E-state index contributed by atoms with van der Waals surface area (Å²) in [5, 5.41) is 3.45. The standard InChI is InChI=1S/C13H26N2O2/c1-12-9-17-8-7-15(12)10-13(11-16-2)3-5-14-6-4-13/h12,14H,3-11H2,1-2H3. The Morgan fingerprint density at radius 3 is 2.82 bits per heavy atom. The van der Waals surface area contributed by atoms with E-state index in [2.05, 4.69) is 17.1 Å². The molecule has 17 heavy (non-hydrogen) atoms. The molecule has 0 spiro atoms. The topological polar surface area (TPSA) is 33.7 Å². The van der Waals surface area contributed by atoms with Crippen molar-refractivity contribution < 1.29 is 9.47 Å². The van der Waals surface area contributed by atoms with Crippen molar-refractivity contribution in [2.24, 2.45) is 5.41 Å². The number of hydrogen-bond donors (Lipinski definition) is 1. The van der Waals surface area contributed by atoms with Gasteiger partial charge in [0.2, 0.25) is 0 Å². The first-order valence-electron chi connectivity index (χ1n) is 6.77. The summed E-state index contributed by atoms with van der Waals surface area (Å²) in [6, 6.07) is 0.548. The molecule has 1 atom stereocenters. The van der Waals surface area contributed by atoms with Crippen LogP contribution in [0.25, 0.3) is 0 Å². The van der Waals surface area contributed by atoms with Gasteiger partial charge in [-0.25, -0.2) is 0 Å². The molecule has 1 N–H and O–H groups in total. The molecule has 0 aromatic carbocycles. The summed E-state index contributed by atoms with van der Waals surface area (Å²) in [6.07, 6.45) is 2.45. The predicted octanol–water partition coefficient (Wildman–Crippen LogP) is 0.723. The van der Waals surface area contributed by atoms with Gasteiger partial charge in [-0.1, -0.05) is 0 Å². The summed E-state index contributed by atoms with van der Waals surface area (Å²) >= 11 is 0. The minimum atomic E-state index is 0.353. The smallest absolute Gasteiger partial charge is 0.0619 e. The molecule has 0 amide bonds. The van der Waals surface area contributed by atoms with E-state index in [-0.39, 0.29) is 0 Å². The van der Waals surface area contributed by atoms with Gasteiger partial charge in [0.05, 0.1) is 19.8 Å². The zero-order chi connectivity index (χ0) is 12.1. The highest BCUT2D eigenvalue weighted by molar-refractivity contribution is 4.89. The predicted molar refractivity (Wildman–Crippen MR) is 68.3 cm³/mol. The van der Waals surface area contributed by atoms with Crippen molar-refractivity contribution in [3.8, 4) is 0 Å². The molecule has 0 aliphatic carbocycles. The Kier molecular flexibility index (Phi) is 4.79. The second-order valence-corrected chi connectivity index (χ2v) is 5.58. The van der Waals surface area contributed by atoms with E-state index in [0.29, 0.717) is 11.5 Å². The quantitative estimate of drug-likeness (QED) is 0.788. The molecule has 2 rings (SSSR count). The first-order chi connectivity index (χ1) is 8.26. The average molecular weight is 242 g/mol. The fraction of sp³-hybridized carbons (Fsp3) is 1.00. The summed E-state index contributed by atoms with van der Waals surface area (Å²) in [5.41, 5.74) is 0.353. The van der Waals surface area contributed by atoms with E-state index in [4.69, 9.17) is 9.47 Å². The second-order valence-electron chi connectivity index (χ2n) is 5.58. The maximum Gasteiger partial charge on any atom is 0.0619 e. The molecule has 2 aliphatic rings. The van der Waals surface area contributed by atoms with Crippen molar-refractivity contribution in [3.05, 3.63) is 0 Å². The van der Waals surface area contributed by atoms with E-state index < -0.39 is 0 Å². The molecule has 4 heteroatoms. The van der Waals surface area contributed by atoms with Gasteiger partial charge in [0, 0.05) is 31.7 Å². The molecular weight excluding hydrogens is 216 g/mol. The van der Waals surface area contributed by atoms with E-state index in [9.17, 15) is 0 Å². The molecule has 2 saturated heterocycles. The van der Waals surface area contributed by atoms with E-state index in [1.54, 1.807) is 0 Å². The lowest BCUT2D eigenvalue weighted by atomic mass is 9.79. The highest BCUT2D eigenvalue weighted by atomic mass is 16.5. The van der Waals surface area contributed by atoms with E-state index >= 15 is 0 Å². The van der Waals surface area contributed by atoms with Crippen molar-refractivity contribution in [1.82, 2.24) is 10.2 Å². The van der Waals surface area contributed by atoms with Crippen molar-refractivity contribution in [1.29, 1.82) is 0 Å². The average Bonchev–Trinajstić information content (AvgIpc) is 2.34. The maximum absolute atomic E-state index is 5.51. The Balaban J connectivity index is 1.95. The molecule has 4 nitrogen and oxygen atoms in total. The fourth-order valence-corrected chi connectivity index (χ4v) is 3.04. The van der Waals surface area contributed by atoms with Gasteiger partial charge < -0.3 is 14.8 Å². The maximum atomic E-state index is 5.51. The van der Waals surface area contributed by atoms with E-state index in [1.807, 2.05) is 7.11 Å². The molecule has 100 valence electrons. The van der Waals surface area contributed by atoms with Crippen molar-refractivity contribution in [2.45, 2.75) is 25.8 Å². The highest BCUT2D eigenvalue weighted by Gasteiger charge is 2.35. The van der Waals surface area contributed by atoms with Gasteiger partial charge in [-0.2, -0.15) is 0 Å².